The molecule has 130 valence electrons. The van der Waals surface area contributed by atoms with E-state index in [1.807, 2.05) is 50.4 Å². The molecule has 2 heterocycles. The van der Waals surface area contributed by atoms with Crippen LogP contribution >= 0.6 is 15.9 Å². The van der Waals surface area contributed by atoms with E-state index in [9.17, 15) is 4.79 Å². The van der Waals surface area contributed by atoms with Gasteiger partial charge in [-0.15, -0.1) is 0 Å². The van der Waals surface area contributed by atoms with E-state index in [4.69, 9.17) is 0 Å². The fourth-order valence-electron chi connectivity index (χ4n) is 2.56. The summed E-state index contributed by atoms with van der Waals surface area (Å²) in [5, 5.41) is 11.5. The SMILES string of the molecule is CC(C)c1[nH]nc(C(=O)N(C)Cc2cnn(-c3ccccc3)c2)c1Br. The first-order chi connectivity index (χ1) is 12.0. The number of nitrogens with one attached hydrogen (secondary N) is 1. The van der Waals surface area contributed by atoms with Crippen LogP contribution in [0.15, 0.2) is 47.2 Å². The molecule has 7 heteroatoms. The minimum Gasteiger partial charge on any atom is -0.336 e. The highest BCUT2D eigenvalue weighted by Gasteiger charge is 2.22. The van der Waals surface area contributed by atoms with Gasteiger partial charge in [0.1, 0.15) is 0 Å². The van der Waals surface area contributed by atoms with E-state index in [0.29, 0.717) is 12.2 Å². The Kier molecular flexibility index (Phi) is 5.03. The number of H-pyrrole nitrogens is 1. The molecule has 0 aliphatic rings. The third kappa shape index (κ3) is 3.66. The second kappa shape index (κ2) is 7.23. The normalized spacial score (nSPS) is 11.1. The quantitative estimate of drug-likeness (QED) is 0.707. The molecule has 2 aromatic heterocycles. The number of rotatable bonds is 5. The molecule has 0 aliphatic heterocycles. The topological polar surface area (TPSA) is 66.8 Å². The summed E-state index contributed by atoms with van der Waals surface area (Å²) in [6, 6.07) is 9.87. The van der Waals surface area contributed by atoms with Crippen molar-refractivity contribution in [3.63, 3.8) is 0 Å². The fraction of sp³-hybridized carbons (Fsp3) is 0.278. The van der Waals surface area contributed by atoms with Crippen molar-refractivity contribution >= 4 is 21.8 Å². The molecule has 25 heavy (non-hydrogen) atoms. The van der Waals surface area contributed by atoms with E-state index < -0.39 is 0 Å². The van der Waals surface area contributed by atoms with Crippen LogP contribution in [0.5, 0.6) is 0 Å². The Bertz CT molecular complexity index is 869. The van der Waals surface area contributed by atoms with Crippen LogP contribution in [0.2, 0.25) is 0 Å². The van der Waals surface area contributed by atoms with Crippen molar-refractivity contribution in [3.8, 4) is 5.69 Å². The van der Waals surface area contributed by atoms with Crippen LogP contribution in [0.25, 0.3) is 5.69 Å². The van der Waals surface area contributed by atoms with Gasteiger partial charge in [0.25, 0.3) is 5.91 Å². The maximum atomic E-state index is 12.7. The van der Waals surface area contributed by atoms with Crippen molar-refractivity contribution in [1.29, 1.82) is 0 Å². The van der Waals surface area contributed by atoms with Crippen LogP contribution in [-0.2, 0) is 6.54 Å². The molecule has 0 atom stereocenters. The van der Waals surface area contributed by atoms with Gasteiger partial charge >= 0.3 is 0 Å². The maximum Gasteiger partial charge on any atom is 0.275 e. The predicted molar refractivity (Wildman–Crippen MR) is 99.7 cm³/mol. The van der Waals surface area contributed by atoms with Crippen LogP contribution < -0.4 is 0 Å². The second-order valence-corrected chi connectivity index (χ2v) is 7.04. The molecule has 3 rings (SSSR count). The molecule has 0 aliphatic carbocycles. The van der Waals surface area contributed by atoms with Crippen LogP contribution in [0.1, 0.15) is 41.5 Å². The van der Waals surface area contributed by atoms with Crippen molar-refractivity contribution < 1.29 is 4.79 Å². The first-order valence-electron chi connectivity index (χ1n) is 8.05. The van der Waals surface area contributed by atoms with Crippen molar-refractivity contribution in [1.82, 2.24) is 24.9 Å². The Hall–Kier alpha value is -2.41. The third-order valence-corrected chi connectivity index (χ3v) is 4.74. The summed E-state index contributed by atoms with van der Waals surface area (Å²) in [6.07, 6.45) is 3.70. The second-order valence-electron chi connectivity index (χ2n) is 6.24. The molecule has 6 nitrogen and oxygen atoms in total. The summed E-state index contributed by atoms with van der Waals surface area (Å²) in [6.45, 7) is 4.56. The largest absolute Gasteiger partial charge is 0.336 e. The highest BCUT2D eigenvalue weighted by atomic mass is 79.9. The summed E-state index contributed by atoms with van der Waals surface area (Å²) in [7, 11) is 1.76. The lowest BCUT2D eigenvalue weighted by molar-refractivity contribution is 0.0778. The summed E-state index contributed by atoms with van der Waals surface area (Å²) in [5.74, 6) is 0.125. The number of carbonyl (C=O) groups is 1. The number of amides is 1. The Morgan fingerprint density at radius 2 is 2.04 bits per heavy atom. The molecule has 0 spiro atoms. The van der Waals surface area contributed by atoms with Gasteiger partial charge in [0, 0.05) is 25.4 Å². The Morgan fingerprint density at radius 3 is 2.68 bits per heavy atom. The van der Waals surface area contributed by atoms with E-state index in [0.717, 1.165) is 21.4 Å². The van der Waals surface area contributed by atoms with E-state index in [1.165, 1.54) is 0 Å². The summed E-state index contributed by atoms with van der Waals surface area (Å²) < 4.78 is 2.54. The molecular formula is C18H20BrN5O. The van der Waals surface area contributed by atoms with Crippen molar-refractivity contribution in [2.45, 2.75) is 26.3 Å². The Balaban J connectivity index is 1.73. The number of hydrogen-bond donors (Lipinski definition) is 1. The highest BCUT2D eigenvalue weighted by Crippen LogP contribution is 2.26. The van der Waals surface area contributed by atoms with Crippen LogP contribution in [0.3, 0.4) is 0 Å². The van der Waals surface area contributed by atoms with Gasteiger partial charge in [0.2, 0.25) is 0 Å². The number of benzene rings is 1. The van der Waals surface area contributed by atoms with Gasteiger partial charge in [0.15, 0.2) is 5.69 Å². The maximum absolute atomic E-state index is 12.7. The van der Waals surface area contributed by atoms with Crippen molar-refractivity contribution in [3.05, 3.63) is 64.1 Å². The third-order valence-electron chi connectivity index (χ3n) is 3.94. The molecule has 0 unspecified atom stereocenters. The number of aromatic amines is 1. The van der Waals surface area contributed by atoms with E-state index in [1.54, 1.807) is 22.8 Å². The lowest BCUT2D eigenvalue weighted by Gasteiger charge is -2.15. The lowest BCUT2D eigenvalue weighted by Crippen LogP contribution is -2.26. The Labute approximate surface area is 155 Å². The number of para-hydroxylation sites is 1. The summed E-state index contributed by atoms with van der Waals surface area (Å²) >= 11 is 3.48. The molecule has 1 aromatic carbocycles. The minimum atomic E-state index is -0.137. The van der Waals surface area contributed by atoms with Gasteiger partial charge in [-0.25, -0.2) is 4.68 Å². The monoisotopic (exact) mass is 401 g/mol. The van der Waals surface area contributed by atoms with E-state index in [2.05, 4.69) is 31.2 Å². The van der Waals surface area contributed by atoms with E-state index >= 15 is 0 Å². The molecule has 0 saturated heterocycles. The summed E-state index contributed by atoms with van der Waals surface area (Å²) in [5.41, 5.74) is 3.27. The molecule has 1 N–H and O–H groups in total. The van der Waals surface area contributed by atoms with Gasteiger partial charge in [-0.1, -0.05) is 32.0 Å². The molecule has 3 aromatic rings. The standard InChI is InChI=1S/C18H20BrN5O/c1-12(2)16-15(19)17(22-21-16)18(25)23(3)10-13-9-20-24(11-13)14-7-5-4-6-8-14/h4-9,11-12H,10H2,1-3H3,(H,21,22). The van der Waals surface area contributed by atoms with Crippen LogP contribution in [0.4, 0.5) is 0 Å². The van der Waals surface area contributed by atoms with Gasteiger partial charge in [0.05, 0.1) is 22.1 Å². The number of aromatic nitrogens is 4. The average molecular weight is 402 g/mol. The number of carbonyl (C=O) groups excluding carboxylic acids is 1. The van der Waals surface area contributed by atoms with Gasteiger partial charge in [-0.3, -0.25) is 9.89 Å². The molecule has 0 radical (unpaired) electrons. The smallest absolute Gasteiger partial charge is 0.275 e. The average Bonchev–Trinajstić information content (AvgIpc) is 3.21. The van der Waals surface area contributed by atoms with Crippen molar-refractivity contribution in [2.24, 2.45) is 0 Å². The molecule has 1 amide bonds. The number of hydrogen-bond acceptors (Lipinski definition) is 3. The van der Waals surface area contributed by atoms with Gasteiger partial charge in [-0.2, -0.15) is 10.2 Å². The zero-order valence-corrected chi connectivity index (χ0v) is 16.0. The predicted octanol–water partition coefficient (Wildman–Crippen LogP) is 3.75. The van der Waals surface area contributed by atoms with Crippen LogP contribution in [-0.4, -0.2) is 37.8 Å². The zero-order chi connectivity index (χ0) is 18.0. The van der Waals surface area contributed by atoms with Crippen molar-refractivity contribution in [2.75, 3.05) is 7.05 Å². The number of halogens is 1. The summed E-state index contributed by atoms with van der Waals surface area (Å²) in [4.78, 5) is 14.3. The molecule has 0 bridgehead atoms. The fourth-order valence-corrected chi connectivity index (χ4v) is 3.36. The first kappa shape index (κ1) is 17.4. The van der Waals surface area contributed by atoms with Gasteiger partial charge < -0.3 is 4.90 Å². The molecule has 0 saturated carbocycles. The lowest BCUT2D eigenvalue weighted by atomic mass is 10.1. The Morgan fingerprint density at radius 1 is 1.32 bits per heavy atom. The number of nitrogens with zero attached hydrogens (tertiary/aromatic N) is 4. The van der Waals surface area contributed by atoms with E-state index in [-0.39, 0.29) is 11.8 Å². The molecule has 0 fully saturated rings. The van der Waals surface area contributed by atoms with Gasteiger partial charge in [-0.05, 0) is 34.0 Å². The molecular weight excluding hydrogens is 382 g/mol. The zero-order valence-electron chi connectivity index (χ0n) is 14.4. The minimum absolute atomic E-state index is 0.137. The van der Waals surface area contributed by atoms with Crippen LogP contribution in [0, 0.1) is 0 Å². The highest BCUT2D eigenvalue weighted by molar-refractivity contribution is 9.10. The first-order valence-corrected chi connectivity index (χ1v) is 8.85.